The Kier molecular flexibility index (Phi) is 10.5. The largest absolute Gasteiger partial charge is 0.394 e. The highest BCUT2D eigenvalue weighted by atomic mass is 16.5. The second-order valence-corrected chi connectivity index (χ2v) is 4.85. The molecule has 5 unspecified atom stereocenters. The maximum Gasteiger partial charge on any atom is 0.220 e. The number of rotatable bonds is 11. The van der Waals surface area contributed by atoms with Crippen LogP contribution >= 0.6 is 0 Å². The second kappa shape index (κ2) is 10.9. The van der Waals surface area contributed by atoms with Gasteiger partial charge in [-0.15, -0.1) is 0 Å². The summed E-state index contributed by atoms with van der Waals surface area (Å²) >= 11 is 0. The van der Waals surface area contributed by atoms with E-state index in [4.69, 9.17) is 9.84 Å². The molecule has 0 heterocycles. The first-order valence-corrected chi connectivity index (χ1v) is 7.07. The van der Waals surface area contributed by atoms with Gasteiger partial charge in [0.15, 0.2) is 0 Å². The Balaban J connectivity index is 4.43. The molecule has 21 heavy (non-hydrogen) atoms. The quantitative estimate of drug-likeness (QED) is 0.253. The third-order valence-electron chi connectivity index (χ3n) is 3.11. The minimum absolute atomic E-state index is 0.140. The third kappa shape index (κ3) is 7.70. The van der Waals surface area contributed by atoms with E-state index in [9.17, 15) is 25.2 Å². The summed E-state index contributed by atoms with van der Waals surface area (Å²) in [5.41, 5.74) is 0. The zero-order valence-electron chi connectivity index (χ0n) is 12.5. The van der Waals surface area contributed by atoms with Gasteiger partial charge < -0.3 is 35.6 Å². The molecule has 0 aromatic heterocycles. The lowest BCUT2D eigenvalue weighted by molar-refractivity contribution is -0.125. The molecule has 0 saturated carbocycles. The number of nitrogens with one attached hydrogen (secondary N) is 1. The van der Waals surface area contributed by atoms with Crippen LogP contribution in [0.5, 0.6) is 0 Å². The van der Waals surface area contributed by atoms with Crippen molar-refractivity contribution in [2.24, 2.45) is 0 Å². The fraction of sp³-hybridized carbons (Fsp3) is 0.923. The lowest BCUT2D eigenvalue weighted by Gasteiger charge is -2.27. The van der Waals surface area contributed by atoms with Gasteiger partial charge in [-0.05, 0) is 6.42 Å². The van der Waals surface area contributed by atoms with E-state index in [0.29, 0.717) is 6.42 Å². The minimum Gasteiger partial charge on any atom is -0.394 e. The van der Waals surface area contributed by atoms with Crippen molar-refractivity contribution in [3.63, 3.8) is 0 Å². The van der Waals surface area contributed by atoms with E-state index in [1.54, 1.807) is 13.8 Å². The maximum atomic E-state index is 11.4. The number of aliphatic hydroxyl groups is 5. The second-order valence-electron chi connectivity index (χ2n) is 4.85. The van der Waals surface area contributed by atoms with Crippen molar-refractivity contribution in [1.82, 2.24) is 5.32 Å². The zero-order chi connectivity index (χ0) is 16.4. The molecule has 0 aromatic carbocycles. The molecule has 0 bridgehead atoms. The van der Waals surface area contributed by atoms with Gasteiger partial charge in [-0.3, -0.25) is 4.79 Å². The molecule has 1 amide bonds. The van der Waals surface area contributed by atoms with Gasteiger partial charge in [0.05, 0.1) is 32.0 Å². The van der Waals surface area contributed by atoms with Crippen LogP contribution in [0.4, 0.5) is 0 Å². The number of aliphatic hydroxyl groups excluding tert-OH is 5. The van der Waals surface area contributed by atoms with E-state index in [1.807, 2.05) is 0 Å². The van der Waals surface area contributed by atoms with Crippen molar-refractivity contribution in [3.8, 4) is 0 Å². The Bertz CT molecular complexity index is 290. The van der Waals surface area contributed by atoms with E-state index in [0.717, 1.165) is 0 Å². The summed E-state index contributed by atoms with van der Waals surface area (Å²) < 4.78 is 5.13. The molecule has 0 aliphatic rings. The molecule has 0 fully saturated rings. The first-order valence-electron chi connectivity index (χ1n) is 7.07. The highest BCUT2D eigenvalue weighted by molar-refractivity contribution is 5.75. The zero-order valence-corrected chi connectivity index (χ0v) is 12.5. The fourth-order valence-corrected chi connectivity index (χ4v) is 1.59. The molecule has 0 radical (unpaired) electrons. The van der Waals surface area contributed by atoms with Crippen LogP contribution in [0.2, 0.25) is 0 Å². The predicted molar refractivity (Wildman–Crippen MR) is 74.4 cm³/mol. The molecule has 126 valence electrons. The summed E-state index contributed by atoms with van der Waals surface area (Å²) in [7, 11) is 0. The van der Waals surface area contributed by atoms with E-state index in [-0.39, 0.29) is 25.5 Å². The molecule has 5 atom stereocenters. The van der Waals surface area contributed by atoms with Crippen molar-refractivity contribution in [2.75, 3.05) is 19.8 Å². The molecule has 6 N–H and O–H groups in total. The Morgan fingerprint density at radius 1 is 1.05 bits per heavy atom. The molecule has 8 heteroatoms. The standard InChI is InChI=1S/C13H27NO7/c1-3-9(16)13(20)8(14-12(19)4-2)6-21-7-11(18)10(17)5-15/h8-11,13,15-18,20H,3-7H2,1-2H3,(H,14,19). The monoisotopic (exact) mass is 309 g/mol. The molecule has 0 saturated heterocycles. The lowest BCUT2D eigenvalue weighted by atomic mass is 10.0. The van der Waals surface area contributed by atoms with Gasteiger partial charge >= 0.3 is 0 Å². The van der Waals surface area contributed by atoms with E-state index in [2.05, 4.69) is 5.32 Å². The van der Waals surface area contributed by atoms with E-state index < -0.39 is 37.1 Å². The average molecular weight is 309 g/mol. The van der Waals surface area contributed by atoms with Crippen LogP contribution in [0.25, 0.3) is 0 Å². The van der Waals surface area contributed by atoms with Crippen LogP contribution in [0, 0.1) is 0 Å². The highest BCUT2D eigenvalue weighted by Gasteiger charge is 2.27. The number of carbonyl (C=O) groups is 1. The van der Waals surface area contributed by atoms with Crippen LogP contribution in [-0.4, -0.2) is 81.7 Å². The van der Waals surface area contributed by atoms with Crippen LogP contribution in [-0.2, 0) is 9.53 Å². The SMILES string of the molecule is CCC(=O)NC(COCC(O)C(O)CO)C(O)C(O)CC. The highest BCUT2D eigenvalue weighted by Crippen LogP contribution is 2.06. The Labute approximate surface area is 124 Å². The summed E-state index contributed by atoms with van der Waals surface area (Å²) in [5, 5.41) is 49.4. The maximum absolute atomic E-state index is 11.4. The Morgan fingerprint density at radius 2 is 1.67 bits per heavy atom. The molecule has 0 rings (SSSR count). The van der Waals surface area contributed by atoms with Crippen LogP contribution in [0.1, 0.15) is 26.7 Å². The molecule has 0 aliphatic heterocycles. The van der Waals surface area contributed by atoms with Crippen molar-refractivity contribution < 1.29 is 35.1 Å². The van der Waals surface area contributed by atoms with Gasteiger partial charge in [-0.2, -0.15) is 0 Å². The summed E-state index contributed by atoms with van der Waals surface area (Å²) in [6, 6.07) is -0.828. The lowest BCUT2D eigenvalue weighted by Crippen LogP contribution is -2.51. The molecule has 0 aromatic rings. The van der Waals surface area contributed by atoms with Crippen LogP contribution in [0.15, 0.2) is 0 Å². The van der Waals surface area contributed by atoms with Crippen molar-refractivity contribution in [2.45, 2.75) is 57.1 Å². The number of hydrogen-bond donors (Lipinski definition) is 6. The summed E-state index contributed by atoms with van der Waals surface area (Å²) in [6.45, 7) is 2.33. The minimum atomic E-state index is -1.32. The Morgan fingerprint density at radius 3 is 2.14 bits per heavy atom. The summed E-state index contributed by atoms with van der Waals surface area (Å²) in [4.78, 5) is 11.4. The third-order valence-corrected chi connectivity index (χ3v) is 3.11. The fourth-order valence-electron chi connectivity index (χ4n) is 1.59. The molecular formula is C13H27NO7. The number of ether oxygens (including phenoxy) is 1. The molecule has 0 spiro atoms. The van der Waals surface area contributed by atoms with Crippen molar-refractivity contribution in [1.29, 1.82) is 0 Å². The smallest absolute Gasteiger partial charge is 0.220 e. The van der Waals surface area contributed by atoms with Gasteiger partial charge in [-0.25, -0.2) is 0 Å². The average Bonchev–Trinajstić information content (AvgIpc) is 2.50. The Hall–Kier alpha value is -0.770. The van der Waals surface area contributed by atoms with Gasteiger partial charge in [0, 0.05) is 6.42 Å². The molecule has 0 aliphatic carbocycles. The molecular weight excluding hydrogens is 282 g/mol. The summed E-state index contributed by atoms with van der Waals surface area (Å²) in [5.74, 6) is -0.304. The van der Waals surface area contributed by atoms with Gasteiger partial charge in [0.2, 0.25) is 5.91 Å². The topological polar surface area (TPSA) is 139 Å². The number of carbonyl (C=O) groups excluding carboxylic acids is 1. The predicted octanol–water partition coefficient (Wildman–Crippen LogP) is -2.26. The normalized spacial score (nSPS) is 18.6. The van der Waals surface area contributed by atoms with Crippen molar-refractivity contribution in [3.05, 3.63) is 0 Å². The molecule has 8 nitrogen and oxygen atoms in total. The van der Waals surface area contributed by atoms with E-state index >= 15 is 0 Å². The van der Waals surface area contributed by atoms with Gasteiger partial charge in [-0.1, -0.05) is 13.8 Å². The van der Waals surface area contributed by atoms with E-state index in [1.165, 1.54) is 0 Å². The van der Waals surface area contributed by atoms with Crippen LogP contribution in [0.3, 0.4) is 0 Å². The van der Waals surface area contributed by atoms with Gasteiger partial charge in [0.25, 0.3) is 0 Å². The number of amides is 1. The first-order chi connectivity index (χ1) is 9.87. The van der Waals surface area contributed by atoms with Gasteiger partial charge in [0.1, 0.15) is 18.3 Å². The van der Waals surface area contributed by atoms with Crippen molar-refractivity contribution >= 4 is 5.91 Å². The van der Waals surface area contributed by atoms with Crippen LogP contribution < -0.4 is 5.32 Å². The summed E-state index contributed by atoms with van der Waals surface area (Å²) in [6.07, 6.45) is -4.28. The number of hydrogen-bond acceptors (Lipinski definition) is 7. The first kappa shape index (κ1) is 20.2.